The van der Waals surface area contributed by atoms with Crippen molar-refractivity contribution in [1.82, 2.24) is 14.1 Å². The van der Waals surface area contributed by atoms with E-state index in [1.165, 1.54) is 30.7 Å². The summed E-state index contributed by atoms with van der Waals surface area (Å²) < 4.78 is 38.0. The van der Waals surface area contributed by atoms with Gasteiger partial charge in [-0.15, -0.1) is 0 Å². The van der Waals surface area contributed by atoms with Crippen LogP contribution in [0.3, 0.4) is 0 Å². The third-order valence-corrected chi connectivity index (χ3v) is 7.60. The molecule has 1 amide bonds. The van der Waals surface area contributed by atoms with Crippen molar-refractivity contribution in [3.8, 4) is 11.5 Å². The Morgan fingerprint density at radius 1 is 1.06 bits per heavy atom. The molecule has 0 bridgehead atoms. The maximum Gasteiger partial charge on any atom is 0.243 e. The summed E-state index contributed by atoms with van der Waals surface area (Å²) >= 11 is 0. The predicted octanol–water partition coefficient (Wildman–Crippen LogP) is 2.44. The van der Waals surface area contributed by atoms with Crippen LogP contribution in [0, 0.1) is 0 Å². The van der Waals surface area contributed by atoms with E-state index in [2.05, 4.69) is 25.7 Å². The van der Waals surface area contributed by atoms with Gasteiger partial charge in [0.25, 0.3) is 0 Å². The number of carbonyl (C=O) groups excluding carboxylic acids is 1. The lowest BCUT2D eigenvalue weighted by atomic mass is 10.2. The third kappa shape index (κ3) is 6.57. The zero-order valence-corrected chi connectivity index (χ0v) is 20.3. The fraction of sp³-hybridized carbons (Fsp3) is 0.682. The number of ether oxygens (including phenoxy) is 2. The number of methoxy groups -OCH3 is 2. The van der Waals surface area contributed by atoms with Gasteiger partial charge in [0.15, 0.2) is 11.5 Å². The van der Waals surface area contributed by atoms with Crippen LogP contribution < -0.4 is 9.47 Å². The van der Waals surface area contributed by atoms with Crippen LogP contribution in [-0.4, -0.2) is 88.0 Å². The molecular formula is C22H37N3O5S. The molecule has 1 fully saturated rings. The number of hydrogen-bond acceptors (Lipinski definition) is 6. The van der Waals surface area contributed by atoms with Crippen LogP contribution in [0.1, 0.15) is 40.0 Å². The molecule has 0 spiro atoms. The topological polar surface area (TPSA) is 79.4 Å². The summed E-state index contributed by atoms with van der Waals surface area (Å²) in [6.07, 6.45) is 3.39. The Hall–Kier alpha value is -1.84. The van der Waals surface area contributed by atoms with Gasteiger partial charge in [-0.1, -0.05) is 19.8 Å². The molecule has 1 saturated heterocycles. The molecule has 0 N–H and O–H groups in total. The molecule has 1 aromatic rings. The van der Waals surface area contributed by atoms with Crippen LogP contribution in [0.5, 0.6) is 11.5 Å². The lowest BCUT2D eigenvalue weighted by molar-refractivity contribution is -0.134. The highest BCUT2D eigenvalue weighted by molar-refractivity contribution is 7.89. The van der Waals surface area contributed by atoms with Crippen LogP contribution in [0.15, 0.2) is 23.1 Å². The Balaban J connectivity index is 1.98. The molecule has 2 rings (SSSR count). The number of rotatable bonds is 11. The van der Waals surface area contributed by atoms with Crippen molar-refractivity contribution < 1.29 is 22.7 Å². The molecule has 1 aliphatic rings. The van der Waals surface area contributed by atoms with E-state index >= 15 is 0 Å². The Kier molecular flexibility index (Phi) is 9.58. The van der Waals surface area contributed by atoms with Crippen molar-refractivity contribution in [2.24, 2.45) is 0 Å². The summed E-state index contributed by atoms with van der Waals surface area (Å²) in [5.41, 5.74) is 0. The lowest BCUT2D eigenvalue weighted by Crippen LogP contribution is -2.53. The molecule has 1 aliphatic heterocycles. The van der Waals surface area contributed by atoms with Crippen LogP contribution in [-0.2, 0) is 14.8 Å². The lowest BCUT2D eigenvalue weighted by Gasteiger charge is -2.36. The third-order valence-electron chi connectivity index (χ3n) is 5.70. The second-order valence-electron chi connectivity index (χ2n) is 8.07. The Labute approximate surface area is 187 Å². The van der Waals surface area contributed by atoms with Crippen molar-refractivity contribution in [3.05, 3.63) is 18.2 Å². The number of benzene rings is 1. The van der Waals surface area contributed by atoms with Gasteiger partial charge < -0.3 is 14.4 Å². The molecule has 0 atom stereocenters. The Morgan fingerprint density at radius 3 is 2.26 bits per heavy atom. The van der Waals surface area contributed by atoms with Crippen LogP contribution in [0.4, 0.5) is 0 Å². The minimum absolute atomic E-state index is 0.0633. The highest BCUT2D eigenvalue weighted by Crippen LogP contribution is 2.30. The fourth-order valence-electron chi connectivity index (χ4n) is 3.66. The number of unbranched alkanes of at least 4 members (excludes halogenated alkanes) is 2. The van der Waals surface area contributed by atoms with Gasteiger partial charge in [-0.05, 0) is 38.9 Å². The summed E-state index contributed by atoms with van der Waals surface area (Å²) in [5.74, 6) is 0.910. The van der Waals surface area contributed by atoms with Crippen LogP contribution in [0.25, 0.3) is 0 Å². The van der Waals surface area contributed by atoms with E-state index < -0.39 is 10.0 Å². The zero-order valence-electron chi connectivity index (χ0n) is 19.5. The standard InChI is InChI=1S/C22H37N3O5S/c1-6-7-8-11-24(18(2)3)17-22(26)23-12-14-25(15-13-23)31(27,28)19-9-10-20(29-4)21(16-19)30-5/h9-10,16,18H,6-8,11-15,17H2,1-5H3. The maximum absolute atomic E-state index is 13.1. The molecule has 9 heteroatoms. The van der Waals surface area contributed by atoms with Gasteiger partial charge in [0, 0.05) is 38.3 Å². The first kappa shape index (κ1) is 25.4. The summed E-state index contributed by atoms with van der Waals surface area (Å²) in [4.78, 5) is 16.9. The molecule has 8 nitrogen and oxygen atoms in total. The largest absolute Gasteiger partial charge is 0.493 e. The normalized spacial score (nSPS) is 15.5. The van der Waals surface area contributed by atoms with E-state index in [-0.39, 0.29) is 23.9 Å². The molecule has 0 aromatic heterocycles. The van der Waals surface area contributed by atoms with Gasteiger partial charge in [0.05, 0.1) is 25.7 Å². The molecule has 0 saturated carbocycles. The van der Waals surface area contributed by atoms with Crippen molar-refractivity contribution in [2.45, 2.75) is 51.0 Å². The highest BCUT2D eigenvalue weighted by Gasteiger charge is 2.31. The SMILES string of the molecule is CCCCCN(CC(=O)N1CCN(S(=O)(=O)c2ccc(OC)c(OC)c2)CC1)C(C)C. The van der Waals surface area contributed by atoms with Gasteiger partial charge in [-0.3, -0.25) is 9.69 Å². The van der Waals surface area contributed by atoms with Gasteiger partial charge >= 0.3 is 0 Å². The molecule has 0 unspecified atom stereocenters. The van der Waals surface area contributed by atoms with Crippen molar-refractivity contribution in [2.75, 3.05) is 53.5 Å². The van der Waals surface area contributed by atoms with Crippen molar-refractivity contribution in [1.29, 1.82) is 0 Å². The highest BCUT2D eigenvalue weighted by atomic mass is 32.2. The second kappa shape index (κ2) is 11.7. The molecule has 0 radical (unpaired) electrons. The Morgan fingerprint density at radius 2 is 1.71 bits per heavy atom. The average Bonchev–Trinajstić information content (AvgIpc) is 2.77. The summed E-state index contributed by atoms with van der Waals surface area (Å²) in [6.45, 7) is 9.01. The van der Waals surface area contributed by atoms with E-state index in [4.69, 9.17) is 9.47 Å². The van der Waals surface area contributed by atoms with Gasteiger partial charge in [-0.2, -0.15) is 4.31 Å². The molecule has 0 aliphatic carbocycles. The zero-order chi connectivity index (χ0) is 23.0. The number of piperazine rings is 1. The van der Waals surface area contributed by atoms with Crippen molar-refractivity contribution >= 4 is 15.9 Å². The number of nitrogens with zero attached hydrogens (tertiary/aromatic N) is 3. The molecule has 176 valence electrons. The van der Waals surface area contributed by atoms with Crippen LogP contribution in [0.2, 0.25) is 0 Å². The minimum Gasteiger partial charge on any atom is -0.493 e. The molecule has 1 heterocycles. The van der Waals surface area contributed by atoms with Crippen LogP contribution >= 0.6 is 0 Å². The maximum atomic E-state index is 13.1. The van der Waals surface area contributed by atoms with E-state index in [0.29, 0.717) is 37.2 Å². The van der Waals surface area contributed by atoms with Gasteiger partial charge in [0.1, 0.15) is 0 Å². The number of amides is 1. The quantitative estimate of drug-likeness (QED) is 0.477. The summed E-state index contributed by atoms with van der Waals surface area (Å²) in [5, 5.41) is 0. The Bertz CT molecular complexity index is 820. The van der Waals surface area contributed by atoms with E-state index in [9.17, 15) is 13.2 Å². The first-order chi connectivity index (χ1) is 14.7. The second-order valence-corrected chi connectivity index (χ2v) is 10.0. The smallest absolute Gasteiger partial charge is 0.243 e. The van der Waals surface area contributed by atoms with Gasteiger partial charge in [0.2, 0.25) is 15.9 Å². The first-order valence-corrected chi connectivity index (χ1v) is 12.4. The molecular weight excluding hydrogens is 418 g/mol. The number of hydrogen-bond donors (Lipinski definition) is 0. The van der Waals surface area contributed by atoms with E-state index in [1.807, 2.05) is 0 Å². The van der Waals surface area contributed by atoms with Gasteiger partial charge in [-0.25, -0.2) is 8.42 Å². The average molecular weight is 456 g/mol. The first-order valence-electron chi connectivity index (χ1n) is 11.0. The monoisotopic (exact) mass is 455 g/mol. The number of carbonyl (C=O) groups is 1. The predicted molar refractivity (Wildman–Crippen MR) is 121 cm³/mol. The summed E-state index contributed by atoms with van der Waals surface area (Å²) in [6, 6.07) is 4.88. The molecule has 1 aromatic carbocycles. The fourth-order valence-corrected chi connectivity index (χ4v) is 5.10. The summed E-state index contributed by atoms with van der Waals surface area (Å²) in [7, 11) is -0.691. The molecule has 31 heavy (non-hydrogen) atoms. The van der Waals surface area contributed by atoms with Crippen molar-refractivity contribution in [3.63, 3.8) is 0 Å². The number of sulfonamides is 1. The minimum atomic E-state index is -3.67. The van der Waals surface area contributed by atoms with E-state index in [0.717, 1.165) is 25.8 Å². The van der Waals surface area contributed by atoms with E-state index in [1.54, 1.807) is 11.0 Å².